The van der Waals surface area contributed by atoms with E-state index in [0.717, 1.165) is 17.0 Å². The summed E-state index contributed by atoms with van der Waals surface area (Å²) < 4.78 is 32.7. The summed E-state index contributed by atoms with van der Waals surface area (Å²) in [6.07, 6.45) is 2.93. The Balaban J connectivity index is 1.95. The Morgan fingerprint density at radius 3 is 2.00 bits per heavy atom. The van der Waals surface area contributed by atoms with Crippen LogP contribution in [0, 0.1) is 22.5 Å². The molecule has 10 heteroatoms. The van der Waals surface area contributed by atoms with Crippen LogP contribution < -0.4 is 9.46 Å². The quantitative estimate of drug-likeness (QED) is 0.296. The fraction of sp³-hybridized carbons (Fsp3) is 0.467. The summed E-state index contributed by atoms with van der Waals surface area (Å²) in [5.74, 6) is -0.857. The molecular weight excluding hydrogens is 687 g/mol. The first kappa shape index (κ1) is 21.6. The van der Waals surface area contributed by atoms with Crippen LogP contribution in [-0.4, -0.2) is 26.6 Å². The minimum atomic E-state index is -3.55. The molecule has 6 nitrogen and oxygen atoms in total. The maximum absolute atomic E-state index is 12.4. The van der Waals surface area contributed by atoms with Crippen LogP contribution >= 0.6 is 67.8 Å². The van der Waals surface area contributed by atoms with Gasteiger partial charge in [0, 0.05) is 9.49 Å². The van der Waals surface area contributed by atoms with Gasteiger partial charge in [0.25, 0.3) is 0 Å². The molecule has 0 unspecified atom stereocenters. The summed E-state index contributed by atoms with van der Waals surface area (Å²) in [5.41, 5.74) is 0. The minimum Gasteiger partial charge on any atom is -0.424 e. The Morgan fingerprint density at radius 2 is 1.52 bits per heavy atom. The molecule has 0 saturated heterocycles. The van der Waals surface area contributed by atoms with Crippen molar-refractivity contribution in [1.29, 1.82) is 0 Å². The normalized spacial score (nSPS) is 20.8. The Hall–Kier alpha value is 0.300. The number of halogens is 3. The van der Waals surface area contributed by atoms with Crippen LogP contribution in [0.5, 0.6) is 5.75 Å². The molecule has 0 heterocycles. The molecule has 25 heavy (non-hydrogen) atoms. The molecule has 0 atom stereocenters. The maximum Gasteiger partial charge on any atom is 0.314 e. The summed E-state index contributed by atoms with van der Waals surface area (Å²) in [6.45, 7) is 0. The number of benzene rings is 1. The largest absolute Gasteiger partial charge is 0.424 e. The van der Waals surface area contributed by atoms with Gasteiger partial charge in [0.1, 0.15) is 0 Å². The molecule has 1 N–H and O–H groups in total. The first-order valence-corrected chi connectivity index (χ1v) is 12.6. The van der Waals surface area contributed by atoms with E-state index in [-0.39, 0.29) is 17.8 Å². The summed E-state index contributed by atoms with van der Waals surface area (Å²) in [5, 5.41) is 0. The van der Waals surface area contributed by atoms with Crippen LogP contribution in [0.3, 0.4) is 0 Å². The first-order chi connectivity index (χ1) is 11.6. The number of carbonyl (C=O) groups is 2. The van der Waals surface area contributed by atoms with Crippen LogP contribution in [0.4, 0.5) is 0 Å². The fourth-order valence-electron chi connectivity index (χ4n) is 2.67. The summed E-state index contributed by atoms with van der Waals surface area (Å²) >= 11 is 6.50. The lowest BCUT2D eigenvalue weighted by Crippen LogP contribution is -2.37. The third kappa shape index (κ3) is 6.45. The fourth-order valence-corrected chi connectivity index (χ4v) is 7.00. The van der Waals surface area contributed by atoms with Crippen molar-refractivity contribution in [1.82, 2.24) is 4.72 Å². The zero-order valence-electron chi connectivity index (χ0n) is 13.2. The van der Waals surface area contributed by atoms with Gasteiger partial charge in [-0.2, -0.15) is 0 Å². The molecule has 1 aromatic carbocycles. The van der Waals surface area contributed by atoms with E-state index in [1.54, 1.807) is 0 Å². The van der Waals surface area contributed by atoms with Crippen molar-refractivity contribution < 1.29 is 22.7 Å². The SMILES string of the molecule is CS(=O)(=O)NC(=O)C1CCC(C(=O)Oc2c(I)cc(I)cc2I)CC1. The van der Waals surface area contributed by atoms with Crippen molar-refractivity contribution in [2.75, 3.05) is 6.26 Å². The third-order valence-electron chi connectivity index (χ3n) is 3.88. The topological polar surface area (TPSA) is 89.5 Å². The van der Waals surface area contributed by atoms with Gasteiger partial charge in [-0.15, -0.1) is 0 Å². The average molecular weight is 703 g/mol. The molecule has 1 aliphatic rings. The van der Waals surface area contributed by atoms with E-state index in [4.69, 9.17) is 4.74 Å². The maximum atomic E-state index is 12.4. The molecule has 1 amide bonds. The number of carbonyl (C=O) groups excluding carboxylic acids is 2. The lowest BCUT2D eigenvalue weighted by molar-refractivity contribution is -0.141. The van der Waals surface area contributed by atoms with Crippen LogP contribution in [0.25, 0.3) is 0 Å². The standard InChI is InChI=1S/C15H16I3NO5S/c1-25(22,23)19-14(20)8-2-4-9(5-3-8)15(21)24-13-11(17)6-10(16)7-12(13)18/h6-9H,2-5H2,1H3,(H,19,20). The number of amides is 1. The second kappa shape index (κ2) is 8.99. The number of sulfonamides is 1. The number of ether oxygens (including phenoxy) is 1. The molecule has 0 bridgehead atoms. The van der Waals surface area contributed by atoms with Gasteiger partial charge in [-0.25, -0.2) is 8.42 Å². The van der Waals surface area contributed by atoms with Gasteiger partial charge >= 0.3 is 5.97 Å². The second-order valence-corrected chi connectivity index (χ2v) is 11.2. The van der Waals surface area contributed by atoms with Crippen molar-refractivity contribution >= 4 is 89.7 Å². The second-order valence-electron chi connectivity index (χ2n) is 5.91. The van der Waals surface area contributed by atoms with E-state index in [9.17, 15) is 18.0 Å². The van der Waals surface area contributed by atoms with Crippen LogP contribution in [-0.2, 0) is 19.6 Å². The molecule has 0 spiro atoms. The number of nitrogens with one attached hydrogen (secondary N) is 1. The molecule has 1 aliphatic carbocycles. The number of hydrogen-bond acceptors (Lipinski definition) is 5. The van der Waals surface area contributed by atoms with Crippen LogP contribution in [0.2, 0.25) is 0 Å². The molecule has 1 saturated carbocycles. The Labute approximate surface area is 187 Å². The lowest BCUT2D eigenvalue weighted by atomic mass is 9.82. The van der Waals surface area contributed by atoms with E-state index >= 15 is 0 Å². The van der Waals surface area contributed by atoms with Crippen molar-refractivity contribution in [2.45, 2.75) is 25.7 Å². The van der Waals surface area contributed by atoms with Crippen LogP contribution in [0.1, 0.15) is 25.7 Å². The highest BCUT2D eigenvalue weighted by Gasteiger charge is 2.32. The van der Waals surface area contributed by atoms with E-state index < -0.39 is 15.9 Å². The molecule has 0 aromatic heterocycles. The molecule has 138 valence electrons. The molecule has 0 aliphatic heterocycles. The monoisotopic (exact) mass is 703 g/mol. The van der Waals surface area contributed by atoms with Gasteiger partial charge < -0.3 is 4.74 Å². The smallest absolute Gasteiger partial charge is 0.314 e. The van der Waals surface area contributed by atoms with E-state index in [1.165, 1.54) is 0 Å². The van der Waals surface area contributed by atoms with E-state index in [2.05, 4.69) is 67.8 Å². The van der Waals surface area contributed by atoms with Gasteiger partial charge in [-0.3, -0.25) is 14.3 Å². The molecule has 1 fully saturated rings. The summed E-state index contributed by atoms with van der Waals surface area (Å²) in [4.78, 5) is 24.3. The van der Waals surface area contributed by atoms with Crippen molar-refractivity contribution in [2.24, 2.45) is 11.8 Å². The van der Waals surface area contributed by atoms with Crippen molar-refractivity contribution in [3.8, 4) is 5.75 Å². The Morgan fingerprint density at radius 1 is 1.04 bits per heavy atom. The highest BCUT2D eigenvalue weighted by molar-refractivity contribution is 14.1. The third-order valence-corrected chi connectivity index (χ3v) is 6.68. The molecule has 0 radical (unpaired) electrons. The van der Waals surface area contributed by atoms with Crippen LogP contribution in [0.15, 0.2) is 12.1 Å². The highest BCUT2D eigenvalue weighted by atomic mass is 127. The zero-order chi connectivity index (χ0) is 18.8. The predicted octanol–water partition coefficient (Wildman–Crippen LogP) is 3.29. The predicted molar refractivity (Wildman–Crippen MR) is 119 cm³/mol. The van der Waals surface area contributed by atoms with E-state index in [1.807, 2.05) is 16.9 Å². The van der Waals surface area contributed by atoms with Gasteiger partial charge in [-0.1, -0.05) is 0 Å². The zero-order valence-corrected chi connectivity index (χ0v) is 20.5. The van der Waals surface area contributed by atoms with Gasteiger partial charge in [0.15, 0.2) is 5.75 Å². The highest BCUT2D eigenvalue weighted by Crippen LogP contribution is 2.33. The Bertz CT molecular complexity index is 765. The van der Waals surface area contributed by atoms with E-state index in [0.29, 0.717) is 31.4 Å². The molecule has 1 aromatic rings. The van der Waals surface area contributed by atoms with Crippen molar-refractivity contribution in [3.05, 3.63) is 22.8 Å². The van der Waals surface area contributed by atoms with Gasteiger partial charge in [0.05, 0.1) is 19.3 Å². The average Bonchev–Trinajstić information content (AvgIpc) is 2.49. The van der Waals surface area contributed by atoms with Crippen molar-refractivity contribution in [3.63, 3.8) is 0 Å². The summed E-state index contributed by atoms with van der Waals surface area (Å²) in [7, 11) is -3.55. The minimum absolute atomic E-state index is 0.270. The molecular formula is C15H16I3NO5S. The number of rotatable bonds is 4. The number of hydrogen-bond donors (Lipinski definition) is 1. The first-order valence-electron chi connectivity index (χ1n) is 7.44. The Kier molecular flexibility index (Phi) is 7.77. The summed E-state index contributed by atoms with van der Waals surface area (Å²) in [6, 6.07) is 3.89. The van der Waals surface area contributed by atoms with Gasteiger partial charge in [0.2, 0.25) is 15.9 Å². The van der Waals surface area contributed by atoms with Gasteiger partial charge in [-0.05, 0) is 106 Å². The lowest BCUT2D eigenvalue weighted by Gasteiger charge is -2.26. The number of esters is 1. The molecule has 2 rings (SSSR count).